The Bertz CT molecular complexity index is 792. The van der Waals surface area contributed by atoms with Crippen LogP contribution in [0.15, 0.2) is 60.7 Å². The van der Waals surface area contributed by atoms with E-state index in [1.54, 1.807) is 0 Å². The van der Waals surface area contributed by atoms with Crippen molar-refractivity contribution in [1.82, 2.24) is 9.55 Å². The van der Waals surface area contributed by atoms with Gasteiger partial charge in [-0.1, -0.05) is 74.5 Å². The second-order valence-electron chi connectivity index (χ2n) is 6.72. The molecule has 0 bridgehead atoms. The number of imidazole rings is 1. The first kappa shape index (κ1) is 17.4. The Morgan fingerprint density at radius 1 is 0.920 bits per heavy atom. The van der Waals surface area contributed by atoms with Crippen molar-refractivity contribution in [3.8, 4) is 0 Å². The number of rotatable bonds is 7. The van der Waals surface area contributed by atoms with Gasteiger partial charge in [0.25, 0.3) is 0 Å². The predicted octanol–water partition coefficient (Wildman–Crippen LogP) is 4.18. The minimum atomic E-state index is 0.119. The van der Waals surface area contributed by atoms with Gasteiger partial charge in [-0.3, -0.25) is 0 Å². The maximum Gasteiger partial charge on any atom is 0.111 e. The average molecular weight is 334 g/mol. The topological polar surface area (TPSA) is 38.1 Å². The highest BCUT2D eigenvalue weighted by Crippen LogP contribution is 2.25. The summed E-state index contributed by atoms with van der Waals surface area (Å²) < 4.78 is 2.30. The van der Waals surface area contributed by atoms with Crippen LogP contribution in [-0.4, -0.2) is 21.3 Å². The van der Waals surface area contributed by atoms with Crippen LogP contribution >= 0.6 is 0 Å². The van der Waals surface area contributed by atoms with Gasteiger partial charge in [0.2, 0.25) is 0 Å². The maximum atomic E-state index is 9.49. The second kappa shape index (κ2) is 8.13. The first-order chi connectivity index (χ1) is 12.2. The van der Waals surface area contributed by atoms with Gasteiger partial charge in [-0.25, -0.2) is 4.98 Å². The molecular weight excluding hydrogens is 308 g/mol. The Kier molecular flexibility index (Phi) is 5.67. The number of aliphatic hydroxyl groups excluding tert-OH is 1. The lowest BCUT2D eigenvalue weighted by Gasteiger charge is -2.14. The minimum Gasteiger partial charge on any atom is -0.396 e. The molecule has 1 heterocycles. The van der Waals surface area contributed by atoms with E-state index in [-0.39, 0.29) is 6.61 Å². The molecule has 3 heteroatoms. The standard InChI is InChI=1S/C22H26N2O/c1-17(2)22-20(15-18-9-5-3-6-10-18)24(21(23-22)13-14-25)16-19-11-7-4-8-12-19/h3-12,17,25H,13-16H2,1-2H3. The molecule has 0 atom stereocenters. The molecule has 0 fully saturated rings. The largest absolute Gasteiger partial charge is 0.396 e. The summed E-state index contributed by atoms with van der Waals surface area (Å²) in [4.78, 5) is 4.89. The highest BCUT2D eigenvalue weighted by Gasteiger charge is 2.19. The minimum absolute atomic E-state index is 0.119. The Morgan fingerprint density at radius 3 is 2.08 bits per heavy atom. The number of aliphatic hydroxyl groups is 1. The molecule has 1 aromatic heterocycles. The smallest absolute Gasteiger partial charge is 0.111 e. The van der Waals surface area contributed by atoms with Crippen molar-refractivity contribution in [3.05, 3.63) is 89.0 Å². The molecule has 0 aliphatic carbocycles. The summed E-state index contributed by atoms with van der Waals surface area (Å²) in [7, 11) is 0. The second-order valence-corrected chi connectivity index (χ2v) is 6.72. The zero-order chi connectivity index (χ0) is 17.6. The molecule has 0 saturated heterocycles. The molecule has 3 rings (SSSR count). The third-order valence-electron chi connectivity index (χ3n) is 4.46. The Hall–Kier alpha value is -2.39. The van der Waals surface area contributed by atoms with E-state index < -0.39 is 0 Å². The van der Waals surface area contributed by atoms with E-state index in [9.17, 15) is 5.11 Å². The van der Waals surface area contributed by atoms with Crippen LogP contribution in [0.5, 0.6) is 0 Å². The average Bonchev–Trinajstić information content (AvgIpc) is 2.95. The van der Waals surface area contributed by atoms with Gasteiger partial charge in [-0.05, 0) is 17.0 Å². The third-order valence-corrected chi connectivity index (χ3v) is 4.46. The number of aromatic nitrogens is 2. The summed E-state index contributed by atoms with van der Waals surface area (Å²) in [6, 6.07) is 21.0. The fourth-order valence-electron chi connectivity index (χ4n) is 3.24. The highest BCUT2D eigenvalue weighted by molar-refractivity contribution is 5.30. The van der Waals surface area contributed by atoms with Crippen LogP contribution in [0.1, 0.15) is 48.1 Å². The molecule has 1 N–H and O–H groups in total. The molecule has 0 aliphatic rings. The van der Waals surface area contributed by atoms with E-state index in [1.807, 2.05) is 12.1 Å². The Balaban J connectivity index is 2.05. The first-order valence-electron chi connectivity index (χ1n) is 8.96. The van der Waals surface area contributed by atoms with E-state index >= 15 is 0 Å². The first-order valence-corrected chi connectivity index (χ1v) is 8.96. The van der Waals surface area contributed by atoms with Gasteiger partial charge < -0.3 is 9.67 Å². The molecule has 2 aromatic carbocycles. The molecule has 0 unspecified atom stereocenters. The zero-order valence-corrected chi connectivity index (χ0v) is 15.0. The van der Waals surface area contributed by atoms with E-state index in [1.165, 1.54) is 16.8 Å². The molecule has 0 aliphatic heterocycles. The van der Waals surface area contributed by atoms with Crippen molar-refractivity contribution < 1.29 is 5.11 Å². The Labute approximate surface area is 150 Å². The monoisotopic (exact) mass is 334 g/mol. The summed E-state index contributed by atoms with van der Waals surface area (Å²) in [6.45, 7) is 5.28. The van der Waals surface area contributed by atoms with Crippen LogP contribution in [0.3, 0.4) is 0 Å². The van der Waals surface area contributed by atoms with Crippen molar-refractivity contribution >= 4 is 0 Å². The SMILES string of the molecule is CC(C)c1nc(CCO)n(Cc2ccccc2)c1Cc1ccccc1. The summed E-state index contributed by atoms with van der Waals surface area (Å²) in [5.74, 6) is 1.33. The lowest BCUT2D eigenvalue weighted by molar-refractivity contribution is 0.294. The van der Waals surface area contributed by atoms with Crippen molar-refractivity contribution in [2.24, 2.45) is 0 Å². The van der Waals surface area contributed by atoms with Crippen LogP contribution in [-0.2, 0) is 19.4 Å². The number of hydrogen-bond donors (Lipinski definition) is 1. The fourth-order valence-corrected chi connectivity index (χ4v) is 3.24. The summed E-state index contributed by atoms with van der Waals surface area (Å²) in [5, 5.41) is 9.49. The molecule has 0 saturated carbocycles. The predicted molar refractivity (Wildman–Crippen MR) is 102 cm³/mol. The summed E-state index contributed by atoms with van der Waals surface area (Å²) in [5.41, 5.74) is 4.94. The van der Waals surface area contributed by atoms with Gasteiger partial charge in [0.1, 0.15) is 5.82 Å². The third kappa shape index (κ3) is 4.18. The normalized spacial score (nSPS) is 11.2. The zero-order valence-electron chi connectivity index (χ0n) is 15.0. The lowest BCUT2D eigenvalue weighted by atomic mass is 10.0. The van der Waals surface area contributed by atoms with Gasteiger partial charge in [0.15, 0.2) is 0 Å². The van der Waals surface area contributed by atoms with Crippen LogP contribution in [0.25, 0.3) is 0 Å². The summed E-state index contributed by atoms with van der Waals surface area (Å²) in [6.07, 6.45) is 1.45. The van der Waals surface area contributed by atoms with Gasteiger partial charge >= 0.3 is 0 Å². The summed E-state index contributed by atoms with van der Waals surface area (Å²) >= 11 is 0. The van der Waals surface area contributed by atoms with Crippen molar-refractivity contribution in [1.29, 1.82) is 0 Å². The molecule has 130 valence electrons. The number of benzene rings is 2. The quantitative estimate of drug-likeness (QED) is 0.704. The van der Waals surface area contributed by atoms with Crippen LogP contribution in [0.2, 0.25) is 0 Å². The van der Waals surface area contributed by atoms with Crippen molar-refractivity contribution in [3.63, 3.8) is 0 Å². The fraction of sp³-hybridized carbons (Fsp3) is 0.318. The molecule has 3 nitrogen and oxygen atoms in total. The maximum absolute atomic E-state index is 9.49. The number of hydrogen-bond acceptors (Lipinski definition) is 2. The van der Waals surface area contributed by atoms with Gasteiger partial charge in [0, 0.05) is 25.1 Å². The van der Waals surface area contributed by atoms with Gasteiger partial charge in [-0.15, -0.1) is 0 Å². The van der Waals surface area contributed by atoms with E-state index in [2.05, 4.69) is 66.9 Å². The van der Waals surface area contributed by atoms with Crippen molar-refractivity contribution in [2.75, 3.05) is 6.61 Å². The molecule has 0 amide bonds. The van der Waals surface area contributed by atoms with E-state index in [0.29, 0.717) is 12.3 Å². The van der Waals surface area contributed by atoms with Crippen molar-refractivity contribution in [2.45, 2.75) is 39.2 Å². The number of nitrogens with zero attached hydrogens (tertiary/aromatic N) is 2. The lowest BCUT2D eigenvalue weighted by Crippen LogP contribution is -2.11. The molecule has 3 aromatic rings. The Morgan fingerprint density at radius 2 is 1.52 bits per heavy atom. The van der Waals surface area contributed by atoms with Crippen LogP contribution in [0.4, 0.5) is 0 Å². The van der Waals surface area contributed by atoms with Crippen LogP contribution in [0, 0.1) is 0 Å². The van der Waals surface area contributed by atoms with E-state index in [0.717, 1.165) is 24.5 Å². The molecular formula is C22H26N2O. The highest BCUT2D eigenvalue weighted by atomic mass is 16.3. The molecule has 0 radical (unpaired) electrons. The van der Waals surface area contributed by atoms with Gasteiger partial charge in [0.05, 0.1) is 12.3 Å². The molecule has 0 spiro atoms. The van der Waals surface area contributed by atoms with Gasteiger partial charge in [-0.2, -0.15) is 0 Å². The van der Waals surface area contributed by atoms with E-state index in [4.69, 9.17) is 4.98 Å². The molecule has 25 heavy (non-hydrogen) atoms. The van der Waals surface area contributed by atoms with Crippen LogP contribution < -0.4 is 0 Å².